The lowest BCUT2D eigenvalue weighted by molar-refractivity contribution is -0.135. The van der Waals surface area contributed by atoms with Crippen LogP contribution in [0.3, 0.4) is 0 Å². The van der Waals surface area contributed by atoms with E-state index in [4.69, 9.17) is 9.15 Å². The van der Waals surface area contributed by atoms with Gasteiger partial charge in [0.15, 0.2) is 5.76 Å². The van der Waals surface area contributed by atoms with Crippen LogP contribution in [0.5, 0.6) is 0 Å². The Kier molecular flexibility index (Phi) is 9.57. The number of ether oxygens (including phenoxy) is 1. The van der Waals surface area contributed by atoms with E-state index in [1.165, 1.54) is 0 Å². The van der Waals surface area contributed by atoms with Gasteiger partial charge in [-0.15, -0.1) is 0 Å². The molecule has 33 heavy (non-hydrogen) atoms. The van der Waals surface area contributed by atoms with E-state index >= 15 is 0 Å². The van der Waals surface area contributed by atoms with Gasteiger partial charge in [0.05, 0.1) is 26.3 Å². The second-order valence-electron chi connectivity index (χ2n) is 8.87. The van der Waals surface area contributed by atoms with Gasteiger partial charge in [-0.25, -0.2) is 0 Å². The van der Waals surface area contributed by atoms with Gasteiger partial charge in [-0.2, -0.15) is 0 Å². The van der Waals surface area contributed by atoms with Crippen molar-refractivity contribution in [2.24, 2.45) is 5.92 Å². The number of nitrogens with zero attached hydrogens (tertiary/aromatic N) is 3. The number of carbonyl (C=O) groups excluding carboxylic acids is 2. The Labute approximate surface area is 196 Å². The van der Waals surface area contributed by atoms with E-state index in [0.29, 0.717) is 31.2 Å². The van der Waals surface area contributed by atoms with Crippen molar-refractivity contribution in [1.29, 1.82) is 0 Å². The Bertz CT molecular complexity index is 883. The van der Waals surface area contributed by atoms with Crippen molar-refractivity contribution < 1.29 is 18.7 Å². The van der Waals surface area contributed by atoms with Crippen LogP contribution in [0.15, 0.2) is 34.9 Å². The van der Waals surface area contributed by atoms with Gasteiger partial charge in [0, 0.05) is 44.0 Å². The molecule has 0 bridgehead atoms. The topological polar surface area (TPSA) is 80.0 Å². The highest BCUT2D eigenvalue weighted by Crippen LogP contribution is 2.15. The monoisotopic (exact) mass is 458 g/mol. The molecule has 3 heterocycles. The van der Waals surface area contributed by atoms with E-state index in [1.807, 2.05) is 43.1 Å². The van der Waals surface area contributed by atoms with E-state index in [-0.39, 0.29) is 17.7 Å². The molecule has 1 aliphatic rings. The molecule has 8 nitrogen and oxygen atoms in total. The number of nitrogens with one attached hydrogen (secondary N) is 1. The largest absolute Gasteiger partial charge is 0.454 e. The number of aromatic nitrogens is 1. The smallest absolute Gasteiger partial charge is 0.286 e. The molecule has 1 aliphatic heterocycles. The number of morpholine rings is 1. The number of amides is 2. The lowest BCUT2D eigenvalue weighted by Gasteiger charge is -2.26. The van der Waals surface area contributed by atoms with Gasteiger partial charge in [-0.1, -0.05) is 20.8 Å². The molecular weight excluding hydrogens is 420 g/mol. The summed E-state index contributed by atoms with van der Waals surface area (Å²) in [6.07, 6.45) is 3.80. The number of furan rings is 1. The maximum absolute atomic E-state index is 12.6. The summed E-state index contributed by atoms with van der Waals surface area (Å²) in [6.45, 7) is 12.8. The van der Waals surface area contributed by atoms with E-state index in [0.717, 1.165) is 57.9 Å². The molecule has 0 atom stereocenters. The maximum Gasteiger partial charge on any atom is 0.286 e. The quantitative estimate of drug-likeness (QED) is 0.495. The second-order valence-corrected chi connectivity index (χ2v) is 8.87. The van der Waals surface area contributed by atoms with Crippen molar-refractivity contribution in [3.05, 3.63) is 47.7 Å². The minimum Gasteiger partial charge on any atom is -0.454 e. The first-order valence-electron chi connectivity index (χ1n) is 12.1. The van der Waals surface area contributed by atoms with Gasteiger partial charge < -0.3 is 23.9 Å². The Morgan fingerprint density at radius 3 is 2.70 bits per heavy atom. The number of rotatable bonds is 12. The van der Waals surface area contributed by atoms with Crippen LogP contribution < -0.4 is 5.32 Å². The van der Waals surface area contributed by atoms with Crippen LogP contribution in [-0.2, 0) is 22.6 Å². The summed E-state index contributed by atoms with van der Waals surface area (Å²) in [5, 5.41) is 2.94. The second kappa shape index (κ2) is 12.6. The lowest BCUT2D eigenvalue weighted by Crippen LogP contribution is -2.38. The van der Waals surface area contributed by atoms with Gasteiger partial charge >= 0.3 is 0 Å². The highest BCUT2D eigenvalue weighted by molar-refractivity contribution is 5.91. The molecule has 3 rings (SSSR count). The van der Waals surface area contributed by atoms with Gasteiger partial charge in [-0.05, 0) is 43.7 Å². The Hall–Kier alpha value is -2.58. The number of hydrogen-bond donors (Lipinski definition) is 1. The fraction of sp³-hybridized carbons (Fsp3) is 0.600. The predicted octanol–water partition coefficient (Wildman–Crippen LogP) is 2.98. The van der Waals surface area contributed by atoms with Crippen molar-refractivity contribution in [2.75, 3.05) is 45.9 Å². The number of carbonyl (C=O) groups is 2. The van der Waals surface area contributed by atoms with E-state index < -0.39 is 0 Å². The zero-order valence-corrected chi connectivity index (χ0v) is 20.2. The summed E-state index contributed by atoms with van der Waals surface area (Å²) >= 11 is 0. The molecule has 0 saturated carbocycles. The minimum absolute atomic E-state index is 0.0278. The molecular formula is C25H38N4O4. The fourth-order valence-corrected chi connectivity index (χ4v) is 4.01. The highest BCUT2D eigenvalue weighted by atomic mass is 16.5. The number of hydrogen-bond acceptors (Lipinski definition) is 5. The molecule has 8 heteroatoms. The molecule has 1 saturated heterocycles. The molecule has 1 fully saturated rings. The maximum atomic E-state index is 12.6. The Balaban J connectivity index is 1.50. The van der Waals surface area contributed by atoms with Crippen LogP contribution in [0, 0.1) is 5.92 Å². The molecule has 0 spiro atoms. The van der Waals surface area contributed by atoms with Crippen LogP contribution >= 0.6 is 0 Å². The van der Waals surface area contributed by atoms with Crippen molar-refractivity contribution >= 4 is 11.8 Å². The van der Waals surface area contributed by atoms with E-state index in [2.05, 4.69) is 21.7 Å². The van der Waals surface area contributed by atoms with E-state index in [1.54, 1.807) is 6.07 Å². The van der Waals surface area contributed by atoms with Crippen LogP contribution in [0.4, 0.5) is 0 Å². The van der Waals surface area contributed by atoms with Gasteiger partial charge in [-0.3, -0.25) is 14.5 Å². The summed E-state index contributed by atoms with van der Waals surface area (Å²) in [5.74, 6) is 0.985. The standard InChI is InChI=1S/C25H38N4O4/c1-4-11-29(25(31)20(2)3)18-21-7-5-13-28(21)19-22-8-9-23(33-22)24(30)26-10-6-12-27-14-16-32-17-15-27/h5,7-9,13,20H,4,6,10-12,14-19H2,1-3H3,(H,26,30). The van der Waals surface area contributed by atoms with Crippen LogP contribution in [0.2, 0.25) is 0 Å². The molecule has 2 aromatic heterocycles. The summed E-state index contributed by atoms with van der Waals surface area (Å²) in [5.41, 5.74) is 1.04. The molecule has 0 aromatic carbocycles. The average molecular weight is 459 g/mol. The minimum atomic E-state index is -0.187. The average Bonchev–Trinajstić information content (AvgIpc) is 3.46. The molecule has 2 amide bonds. The summed E-state index contributed by atoms with van der Waals surface area (Å²) in [7, 11) is 0. The Morgan fingerprint density at radius 2 is 1.97 bits per heavy atom. The summed E-state index contributed by atoms with van der Waals surface area (Å²) < 4.78 is 13.2. The predicted molar refractivity (Wildman–Crippen MR) is 127 cm³/mol. The summed E-state index contributed by atoms with van der Waals surface area (Å²) in [4.78, 5) is 29.3. The normalized spacial score (nSPS) is 14.5. The SMILES string of the molecule is CCCN(Cc1cccn1Cc1ccc(C(=O)NCCCN2CCOCC2)o1)C(=O)C(C)C. The zero-order chi connectivity index (χ0) is 23.6. The van der Waals surface area contributed by atoms with Crippen molar-refractivity contribution in [2.45, 2.75) is 46.7 Å². The Morgan fingerprint density at radius 1 is 1.18 bits per heavy atom. The van der Waals surface area contributed by atoms with Gasteiger partial charge in [0.25, 0.3) is 5.91 Å². The molecule has 182 valence electrons. The lowest BCUT2D eigenvalue weighted by atomic mass is 10.2. The highest BCUT2D eigenvalue weighted by Gasteiger charge is 2.18. The molecule has 1 N–H and O–H groups in total. The van der Waals surface area contributed by atoms with Crippen LogP contribution in [-0.4, -0.2) is 72.1 Å². The van der Waals surface area contributed by atoms with Gasteiger partial charge in [0.1, 0.15) is 5.76 Å². The van der Waals surface area contributed by atoms with Crippen LogP contribution in [0.1, 0.15) is 55.6 Å². The third-order valence-electron chi connectivity index (χ3n) is 5.83. The first kappa shape index (κ1) is 25.1. The first-order valence-corrected chi connectivity index (χ1v) is 12.1. The molecule has 0 unspecified atom stereocenters. The first-order chi connectivity index (χ1) is 16.0. The zero-order valence-electron chi connectivity index (χ0n) is 20.2. The van der Waals surface area contributed by atoms with Crippen molar-refractivity contribution in [3.8, 4) is 0 Å². The van der Waals surface area contributed by atoms with Gasteiger partial charge in [0.2, 0.25) is 5.91 Å². The molecule has 0 aliphatic carbocycles. The third kappa shape index (κ3) is 7.47. The van der Waals surface area contributed by atoms with E-state index in [9.17, 15) is 9.59 Å². The molecule has 2 aromatic rings. The van der Waals surface area contributed by atoms with Crippen LogP contribution in [0.25, 0.3) is 0 Å². The van der Waals surface area contributed by atoms with Crippen molar-refractivity contribution in [3.63, 3.8) is 0 Å². The summed E-state index contributed by atoms with van der Waals surface area (Å²) in [6, 6.07) is 7.57. The third-order valence-corrected chi connectivity index (χ3v) is 5.83. The fourth-order valence-electron chi connectivity index (χ4n) is 4.01. The molecule has 0 radical (unpaired) electrons. The van der Waals surface area contributed by atoms with Crippen molar-refractivity contribution in [1.82, 2.24) is 19.7 Å².